The number of alkyl carbamates (subject to hydrolysis) is 2. The van der Waals surface area contributed by atoms with Gasteiger partial charge in [-0.15, -0.1) is 0 Å². The van der Waals surface area contributed by atoms with E-state index >= 15 is 0 Å². The van der Waals surface area contributed by atoms with Crippen molar-refractivity contribution in [3.63, 3.8) is 0 Å². The maximum absolute atomic E-state index is 11.7. The highest BCUT2D eigenvalue weighted by Gasteiger charge is 2.20. The second-order valence-corrected chi connectivity index (χ2v) is 7.29. The minimum absolute atomic E-state index is 0.279. The molecular formula is C16H30N2O6. The van der Waals surface area contributed by atoms with Crippen LogP contribution < -0.4 is 10.6 Å². The van der Waals surface area contributed by atoms with Gasteiger partial charge in [0.1, 0.15) is 11.2 Å². The summed E-state index contributed by atoms with van der Waals surface area (Å²) in [5.41, 5.74) is -1.17. The van der Waals surface area contributed by atoms with Crippen LogP contribution in [0, 0.1) is 0 Å². The Balaban J connectivity index is 4.03. The number of rotatable bonds is 8. The highest BCUT2D eigenvalue weighted by Crippen LogP contribution is 2.09. The van der Waals surface area contributed by atoms with Crippen molar-refractivity contribution in [1.29, 1.82) is 0 Å². The molecule has 0 aromatic heterocycles. The maximum atomic E-state index is 11.7. The van der Waals surface area contributed by atoms with Crippen LogP contribution in [0.1, 0.15) is 60.8 Å². The summed E-state index contributed by atoms with van der Waals surface area (Å²) in [7, 11) is 0. The van der Waals surface area contributed by atoms with E-state index in [1.807, 2.05) is 0 Å². The standard InChI is InChI=1S/C16H30N2O6/c1-15(2,3)23-13(20)17-10-8-7-9-12(22-11-19)18-14(21)24-16(4,5)6/h11-12H,7-10H2,1-6H3,(H,17,20)(H,18,21)/t12-/m1/s1. The van der Waals surface area contributed by atoms with Crippen molar-refractivity contribution < 1.29 is 28.6 Å². The van der Waals surface area contributed by atoms with Gasteiger partial charge < -0.3 is 19.5 Å². The molecule has 2 amide bonds. The minimum atomic E-state index is -0.765. The monoisotopic (exact) mass is 346 g/mol. The fourth-order valence-corrected chi connectivity index (χ4v) is 1.64. The molecule has 0 rings (SSSR count). The Hall–Kier alpha value is -1.99. The van der Waals surface area contributed by atoms with Gasteiger partial charge in [-0.05, 0) is 54.4 Å². The molecule has 0 fully saturated rings. The molecule has 0 radical (unpaired) electrons. The molecule has 0 aliphatic heterocycles. The molecule has 8 heteroatoms. The quantitative estimate of drug-likeness (QED) is 0.303. The van der Waals surface area contributed by atoms with Crippen molar-refractivity contribution in [2.75, 3.05) is 6.54 Å². The number of hydrogen-bond donors (Lipinski definition) is 2. The minimum Gasteiger partial charge on any atom is -0.444 e. The molecule has 1 atom stereocenters. The van der Waals surface area contributed by atoms with E-state index < -0.39 is 29.6 Å². The van der Waals surface area contributed by atoms with Gasteiger partial charge in [0.25, 0.3) is 6.47 Å². The van der Waals surface area contributed by atoms with Gasteiger partial charge in [-0.3, -0.25) is 10.1 Å². The number of ether oxygens (including phenoxy) is 3. The van der Waals surface area contributed by atoms with Gasteiger partial charge in [-0.2, -0.15) is 0 Å². The van der Waals surface area contributed by atoms with Gasteiger partial charge in [-0.1, -0.05) is 0 Å². The Labute approximate surface area is 143 Å². The summed E-state index contributed by atoms with van der Waals surface area (Å²) in [5, 5.41) is 5.11. The summed E-state index contributed by atoms with van der Waals surface area (Å²) in [6.07, 6.45) is -0.207. The molecule has 8 nitrogen and oxygen atoms in total. The molecule has 2 N–H and O–H groups in total. The van der Waals surface area contributed by atoms with E-state index in [1.165, 1.54) is 0 Å². The van der Waals surface area contributed by atoms with Crippen molar-refractivity contribution >= 4 is 18.7 Å². The normalized spacial score (nSPS) is 12.8. The number of carbonyl (C=O) groups is 3. The van der Waals surface area contributed by atoms with E-state index in [0.29, 0.717) is 25.8 Å². The van der Waals surface area contributed by atoms with Crippen LogP contribution in [0.3, 0.4) is 0 Å². The van der Waals surface area contributed by atoms with Gasteiger partial charge >= 0.3 is 12.2 Å². The molecule has 0 saturated carbocycles. The zero-order valence-corrected chi connectivity index (χ0v) is 15.4. The molecule has 0 aliphatic carbocycles. The Morgan fingerprint density at radius 3 is 2.00 bits per heavy atom. The first kappa shape index (κ1) is 22.0. The van der Waals surface area contributed by atoms with E-state index in [2.05, 4.69) is 10.6 Å². The van der Waals surface area contributed by atoms with E-state index in [1.54, 1.807) is 41.5 Å². The molecule has 24 heavy (non-hydrogen) atoms. The summed E-state index contributed by atoms with van der Waals surface area (Å²) in [5.74, 6) is 0. The number of nitrogens with one attached hydrogen (secondary N) is 2. The van der Waals surface area contributed by atoms with Crippen molar-refractivity contribution in [1.82, 2.24) is 10.6 Å². The molecule has 0 heterocycles. The van der Waals surface area contributed by atoms with Gasteiger partial charge in [0.2, 0.25) is 0 Å². The molecule has 0 aliphatic rings. The van der Waals surface area contributed by atoms with Gasteiger partial charge in [0.15, 0.2) is 6.23 Å². The average molecular weight is 346 g/mol. The van der Waals surface area contributed by atoms with Gasteiger partial charge in [0, 0.05) is 13.0 Å². The van der Waals surface area contributed by atoms with Crippen molar-refractivity contribution in [3.8, 4) is 0 Å². The number of unbranched alkanes of at least 4 members (excludes halogenated alkanes) is 1. The zero-order chi connectivity index (χ0) is 18.8. The van der Waals surface area contributed by atoms with E-state index in [4.69, 9.17) is 14.2 Å². The summed E-state index contributed by atoms with van der Waals surface area (Å²) < 4.78 is 15.0. The summed E-state index contributed by atoms with van der Waals surface area (Å²) in [4.78, 5) is 33.6. The predicted molar refractivity (Wildman–Crippen MR) is 88.4 cm³/mol. The molecule has 0 aromatic carbocycles. The molecule has 0 spiro atoms. The van der Waals surface area contributed by atoms with Crippen molar-refractivity contribution in [2.45, 2.75) is 78.2 Å². The molecule has 140 valence electrons. The largest absolute Gasteiger partial charge is 0.444 e. The Kier molecular flexibility index (Phi) is 9.17. The van der Waals surface area contributed by atoms with Crippen LogP contribution in [0.5, 0.6) is 0 Å². The predicted octanol–water partition coefficient (Wildman–Crippen LogP) is 2.71. The first-order chi connectivity index (χ1) is 10.9. The van der Waals surface area contributed by atoms with Crippen LogP contribution in [0.15, 0.2) is 0 Å². The maximum Gasteiger partial charge on any atom is 0.410 e. The van der Waals surface area contributed by atoms with E-state index in [9.17, 15) is 14.4 Å². The summed E-state index contributed by atoms with van der Waals surface area (Å²) >= 11 is 0. The van der Waals surface area contributed by atoms with Crippen LogP contribution in [0.4, 0.5) is 9.59 Å². The third-order valence-electron chi connectivity index (χ3n) is 2.46. The fraction of sp³-hybridized carbons (Fsp3) is 0.812. The molecular weight excluding hydrogens is 316 g/mol. The Morgan fingerprint density at radius 2 is 1.50 bits per heavy atom. The highest BCUT2D eigenvalue weighted by molar-refractivity contribution is 5.68. The lowest BCUT2D eigenvalue weighted by molar-refractivity contribution is -0.135. The first-order valence-corrected chi connectivity index (χ1v) is 7.98. The second-order valence-electron chi connectivity index (χ2n) is 7.29. The van der Waals surface area contributed by atoms with Gasteiger partial charge in [-0.25, -0.2) is 9.59 Å². The van der Waals surface area contributed by atoms with Crippen molar-refractivity contribution in [2.24, 2.45) is 0 Å². The number of hydrogen-bond acceptors (Lipinski definition) is 6. The SMILES string of the molecule is CC(C)(C)OC(=O)NCCCC[C@H](NC(=O)OC(C)(C)C)OC=O. The smallest absolute Gasteiger partial charge is 0.410 e. The van der Waals surface area contributed by atoms with E-state index in [0.717, 1.165) is 0 Å². The van der Waals surface area contributed by atoms with Crippen LogP contribution in [-0.2, 0) is 19.0 Å². The molecule has 0 unspecified atom stereocenters. The fourth-order valence-electron chi connectivity index (χ4n) is 1.64. The number of carbonyl (C=O) groups excluding carboxylic acids is 3. The summed E-state index contributed by atoms with van der Waals surface area (Å²) in [6.45, 7) is 11.3. The summed E-state index contributed by atoms with van der Waals surface area (Å²) in [6, 6.07) is 0. The number of amides is 2. The Morgan fingerprint density at radius 1 is 0.958 bits per heavy atom. The van der Waals surface area contributed by atoms with Crippen LogP contribution in [-0.4, -0.2) is 42.6 Å². The van der Waals surface area contributed by atoms with Crippen LogP contribution in [0.2, 0.25) is 0 Å². The zero-order valence-electron chi connectivity index (χ0n) is 15.4. The van der Waals surface area contributed by atoms with Gasteiger partial charge in [0.05, 0.1) is 0 Å². The lowest BCUT2D eigenvalue weighted by Gasteiger charge is -2.22. The first-order valence-electron chi connectivity index (χ1n) is 7.98. The van der Waals surface area contributed by atoms with Crippen molar-refractivity contribution in [3.05, 3.63) is 0 Å². The molecule has 0 saturated heterocycles. The van der Waals surface area contributed by atoms with Crippen LogP contribution >= 0.6 is 0 Å². The molecule has 0 bridgehead atoms. The topological polar surface area (TPSA) is 103 Å². The highest BCUT2D eigenvalue weighted by atomic mass is 16.6. The Bertz CT molecular complexity index is 412. The molecule has 0 aromatic rings. The average Bonchev–Trinajstić information content (AvgIpc) is 2.33. The lowest BCUT2D eigenvalue weighted by Crippen LogP contribution is -2.40. The second kappa shape index (κ2) is 10.00. The van der Waals surface area contributed by atoms with Crippen LogP contribution in [0.25, 0.3) is 0 Å². The lowest BCUT2D eigenvalue weighted by atomic mass is 10.2. The third-order valence-corrected chi connectivity index (χ3v) is 2.46. The third kappa shape index (κ3) is 13.7. The van der Waals surface area contributed by atoms with E-state index in [-0.39, 0.29) is 6.47 Å².